The molecule has 0 radical (unpaired) electrons. The van der Waals surface area contributed by atoms with E-state index in [4.69, 9.17) is 11.6 Å². The zero-order valence-corrected chi connectivity index (χ0v) is 14.5. The maximum Gasteiger partial charge on any atom is 0.434 e. The van der Waals surface area contributed by atoms with Crippen molar-refractivity contribution in [3.63, 3.8) is 0 Å². The zero-order chi connectivity index (χ0) is 19.8. The Hall–Kier alpha value is -3.07. The van der Waals surface area contributed by atoms with Crippen molar-refractivity contribution in [2.45, 2.75) is 13.1 Å². The van der Waals surface area contributed by atoms with Gasteiger partial charge in [0.1, 0.15) is 5.75 Å². The van der Waals surface area contributed by atoms with Gasteiger partial charge in [-0.05, 0) is 36.8 Å². The molecule has 3 aromatic rings. The number of hydrogen-bond acceptors (Lipinski definition) is 4. The van der Waals surface area contributed by atoms with E-state index in [-0.39, 0.29) is 22.3 Å². The molecule has 1 aromatic carbocycles. The van der Waals surface area contributed by atoms with Crippen LogP contribution in [-0.2, 0) is 6.18 Å². The molecule has 0 aliphatic heterocycles. The summed E-state index contributed by atoms with van der Waals surface area (Å²) in [5.74, 6) is -1.61. The molecular formula is C17H12ClF3N4O2. The van der Waals surface area contributed by atoms with Gasteiger partial charge in [0, 0.05) is 6.20 Å². The van der Waals surface area contributed by atoms with Crippen LogP contribution < -0.4 is 5.32 Å². The lowest BCUT2D eigenvalue weighted by Crippen LogP contribution is -2.21. The highest BCUT2D eigenvalue weighted by atomic mass is 35.5. The third-order valence-electron chi connectivity index (χ3n) is 3.62. The number of anilines is 1. The lowest BCUT2D eigenvalue weighted by molar-refractivity contribution is -0.143. The van der Waals surface area contributed by atoms with Crippen LogP contribution in [0.15, 0.2) is 42.7 Å². The molecule has 0 saturated carbocycles. The van der Waals surface area contributed by atoms with E-state index < -0.39 is 23.3 Å². The average molecular weight is 397 g/mol. The fourth-order valence-corrected chi connectivity index (χ4v) is 2.62. The number of aromatic hydroxyl groups is 1. The number of carbonyl (C=O) groups is 1. The number of alkyl halides is 3. The van der Waals surface area contributed by atoms with Crippen molar-refractivity contribution in [2.24, 2.45) is 0 Å². The number of rotatable bonds is 3. The number of hydrogen-bond donors (Lipinski definition) is 2. The van der Waals surface area contributed by atoms with Gasteiger partial charge in [-0.3, -0.25) is 4.79 Å². The van der Waals surface area contributed by atoms with E-state index in [0.717, 1.165) is 11.8 Å². The van der Waals surface area contributed by atoms with Crippen LogP contribution in [0.2, 0.25) is 5.02 Å². The van der Waals surface area contributed by atoms with Gasteiger partial charge >= 0.3 is 6.18 Å². The van der Waals surface area contributed by atoms with Crippen molar-refractivity contribution in [2.75, 3.05) is 5.32 Å². The second-order valence-electron chi connectivity index (χ2n) is 5.60. The Balaban J connectivity index is 2.06. The minimum atomic E-state index is -4.90. The first-order valence-electron chi connectivity index (χ1n) is 7.55. The van der Waals surface area contributed by atoms with Crippen molar-refractivity contribution in [1.82, 2.24) is 14.8 Å². The summed E-state index contributed by atoms with van der Waals surface area (Å²) in [6.45, 7) is 1.72. The number of carbonyl (C=O) groups excluding carboxylic acids is 1. The number of pyridine rings is 1. The summed E-state index contributed by atoms with van der Waals surface area (Å²) in [4.78, 5) is 16.2. The van der Waals surface area contributed by atoms with Crippen molar-refractivity contribution >= 4 is 23.2 Å². The molecule has 3 rings (SSSR count). The molecule has 140 valence electrons. The maximum absolute atomic E-state index is 13.6. The van der Waals surface area contributed by atoms with Gasteiger partial charge in [0.15, 0.2) is 11.5 Å². The largest absolute Gasteiger partial charge is 0.506 e. The van der Waals surface area contributed by atoms with Crippen molar-refractivity contribution in [1.29, 1.82) is 0 Å². The zero-order valence-electron chi connectivity index (χ0n) is 13.8. The van der Waals surface area contributed by atoms with Crippen molar-refractivity contribution in [3.05, 3.63) is 64.6 Å². The lowest BCUT2D eigenvalue weighted by atomic mass is 10.2. The van der Waals surface area contributed by atoms with Gasteiger partial charge in [-0.2, -0.15) is 18.3 Å². The highest BCUT2D eigenvalue weighted by Gasteiger charge is 2.41. The fourth-order valence-electron chi connectivity index (χ4n) is 2.42. The summed E-state index contributed by atoms with van der Waals surface area (Å²) in [5, 5.41) is 15.7. The quantitative estimate of drug-likeness (QED) is 0.650. The number of halogens is 4. The number of phenolic OH excluding ortho intramolecular Hbond substituents is 1. The number of nitrogens with zero attached hydrogens (tertiary/aromatic N) is 3. The lowest BCUT2D eigenvalue weighted by Gasteiger charge is -2.13. The molecule has 0 unspecified atom stereocenters. The minimum absolute atomic E-state index is 0.0256. The fraction of sp³-hybridized carbons (Fsp3) is 0.118. The van der Waals surface area contributed by atoms with Crippen molar-refractivity contribution in [3.8, 4) is 11.6 Å². The highest BCUT2D eigenvalue weighted by molar-refractivity contribution is 6.32. The molecule has 6 nitrogen and oxygen atoms in total. The number of aryl methyl sites for hydroxylation is 1. The molecule has 1 amide bonds. The summed E-state index contributed by atoms with van der Waals surface area (Å²) < 4.78 is 41.4. The Morgan fingerprint density at radius 2 is 2.04 bits per heavy atom. The molecule has 2 N–H and O–H groups in total. The summed E-state index contributed by atoms with van der Waals surface area (Å²) in [7, 11) is 0. The van der Waals surface area contributed by atoms with Crippen LogP contribution in [0.25, 0.3) is 5.82 Å². The van der Waals surface area contributed by atoms with Crippen LogP contribution in [-0.4, -0.2) is 25.8 Å². The van der Waals surface area contributed by atoms with Crippen LogP contribution in [0.1, 0.15) is 21.6 Å². The second-order valence-corrected chi connectivity index (χ2v) is 6.01. The minimum Gasteiger partial charge on any atom is -0.506 e. The van der Waals surface area contributed by atoms with E-state index in [1.54, 1.807) is 13.0 Å². The molecule has 0 atom stereocenters. The summed E-state index contributed by atoms with van der Waals surface area (Å²) in [6, 6.07) is 7.16. The number of benzene rings is 1. The third kappa shape index (κ3) is 3.72. The molecule has 10 heteroatoms. The normalized spacial score (nSPS) is 11.4. The van der Waals surface area contributed by atoms with Gasteiger partial charge in [-0.25, -0.2) is 9.67 Å². The topological polar surface area (TPSA) is 80.0 Å². The maximum atomic E-state index is 13.6. The third-order valence-corrected chi connectivity index (χ3v) is 3.92. The van der Waals surface area contributed by atoms with E-state index in [9.17, 15) is 23.1 Å². The van der Waals surface area contributed by atoms with Crippen LogP contribution in [0, 0.1) is 6.92 Å². The molecule has 0 aliphatic rings. The molecule has 0 spiro atoms. The summed E-state index contributed by atoms with van der Waals surface area (Å²) in [5.41, 5.74) is -1.36. The van der Waals surface area contributed by atoms with Gasteiger partial charge < -0.3 is 10.4 Å². The van der Waals surface area contributed by atoms with Crippen molar-refractivity contribution < 1.29 is 23.1 Å². The predicted molar refractivity (Wildman–Crippen MR) is 92.2 cm³/mol. The monoisotopic (exact) mass is 396 g/mol. The van der Waals surface area contributed by atoms with Crippen LogP contribution in [0.3, 0.4) is 0 Å². The molecule has 0 bridgehead atoms. The van der Waals surface area contributed by atoms with Gasteiger partial charge in [0.2, 0.25) is 0 Å². The Bertz CT molecular complexity index is 1020. The number of nitrogens with one attached hydrogen (secondary N) is 1. The molecule has 2 aromatic heterocycles. The van der Waals surface area contributed by atoms with E-state index in [1.807, 2.05) is 0 Å². The molecular weight excluding hydrogens is 385 g/mol. The number of phenols is 1. The standard InChI is InChI=1S/C17H12ClF3N4O2/c1-9-4-5-12(13(26)7-9)24-16(27)10-8-23-25(14(10)17(19,20)21)15-11(18)3-2-6-22-15/h2-8,26H,1H3,(H,24,27). The van der Waals surface area contributed by atoms with Gasteiger partial charge in [0.05, 0.1) is 22.5 Å². The SMILES string of the molecule is Cc1ccc(NC(=O)c2cnn(-c3ncccc3Cl)c2C(F)(F)F)c(O)c1. The first kappa shape index (κ1) is 18.7. The highest BCUT2D eigenvalue weighted by Crippen LogP contribution is 2.35. The van der Waals surface area contributed by atoms with E-state index in [0.29, 0.717) is 4.68 Å². The first-order chi connectivity index (χ1) is 12.7. The molecule has 0 aliphatic carbocycles. The Kier molecular flexibility index (Phi) is 4.79. The average Bonchev–Trinajstić information content (AvgIpc) is 3.03. The number of aromatic nitrogens is 3. The van der Waals surface area contributed by atoms with Gasteiger partial charge in [-0.1, -0.05) is 17.7 Å². The van der Waals surface area contributed by atoms with Crippen LogP contribution >= 0.6 is 11.6 Å². The van der Waals surface area contributed by atoms with Crippen LogP contribution in [0.5, 0.6) is 5.75 Å². The predicted octanol–water partition coefficient (Wildman–Crippen LogP) is 4.21. The second kappa shape index (κ2) is 6.92. The summed E-state index contributed by atoms with van der Waals surface area (Å²) in [6.07, 6.45) is -2.87. The molecule has 0 fully saturated rings. The van der Waals surface area contributed by atoms with Gasteiger partial charge in [-0.15, -0.1) is 0 Å². The number of amides is 1. The van der Waals surface area contributed by atoms with Gasteiger partial charge in [0.25, 0.3) is 5.91 Å². The first-order valence-corrected chi connectivity index (χ1v) is 7.93. The Labute approximate surface area is 156 Å². The molecule has 27 heavy (non-hydrogen) atoms. The molecule has 2 heterocycles. The summed E-state index contributed by atoms with van der Waals surface area (Å²) >= 11 is 5.91. The Morgan fingerprint density at radius 1 is 1.30 bits per heavy atom. The smallest absolute Gasteiger partial charge is 0.434 e. The van der Waals surface area contributed by atoms with E-state index in [2.05, 4.69) is 15.4 Å². The van der Waals surface area contributed by atoms with E-state index in [1.165, 1.54) is 30.5 Å². The molecule has 0 saturated heterocycles. The van der Waals surface area contributed by atoms with Crippen LogP contribution in [0.4, 0.5) is 18.9 Å². The van der Waals surface area contributed by atoms with E-state index >= 15 is 0 Å². The Morgan fingerprint density at radius 3 is 2.67 bits per heavy atom.